The second kappa shape index (κ2) is 3.70. The van der Waals surface area contributed by atoms with Crippen molar-refractivity contribution in [3.05, 3.63) is 17.0 Å². The highest BCUT2D eigenvalue weighted by molar-refractivity contribution is 7.26. The molecule has 1 aliphatic heterocycles. The average Bonchev–Trinajstić information content (AvgIpc) is 2.69. The van der Waals surface area contributed by atoms with Gasteiger partial charge in [-0.1, -0.05) is 25.7 Å². The highest BCUT2D eigenvalue weighted by Gasteiger charge is 2.35. The first-order valence-electron chi connectivity index (χ1n) is 5.30. The lowest BCUT2D eigenvalue weighted by Gasteiger charge is -2.20. The van der Waals surface area contributed by atoms with Crippen LogP contribution in [0.5, 0.6) is 0 Å². The summed E-state index contributed by atoms with van der Waals surface area (Å²) < 4.78 is 12.8. The van der Waals surface area contributed by atoms with Gasteiger partial charge in [-0.3, -0.25) is 0 Å². The summed E-state index contributed by atoms with van der Waals surface area (Å²) in [5, 5.41) is 0. The molecule has 0 aliphatic carbocycles. The summed E-state index contributed by atoms with van der Waals surface area (Å²) in [7, 11) is -1.19. The Hall–Kier alpha value is -0.163. The molecule has 4 heteroatoms. The highest BCUT2D eigenvalue weighted by atomic mass is 32.1. The van der Waals surface area contributed by atoms with Crippen molar-refractivity contribution in [3.8, 4) is 0 Å². The topological polar surface area (TPSA) is 18.5 Å². The minimum atomic E-state index is -1.19. The monoisotopic (exact) mass is 242 g/mol. The standard InChI is InChI=1S/C11H18O2SSi/c1-11(12-7-8-13-11)9-5-6-10(14-9)15(2,3)4/h5-6H,7-8H2,1-4H3. The van der Waals surface area contributed by atoms with Crippen molar-refractivity contribution in [1.29, 1.82) is 0 Å². The van der Waals surface area contributed by atoms with Crippen molar-refractivity contribution in [1.82, 2.24) is 0 Å². The van der Waals surface area contributed by atoms with Gasteiger partial charge in [-0.25, -0.2) is 0 Å². The molecule has 15 heavy (non-hydrogen) atoms. The lowest BCUT2D eigenvalue weighted by molar-refractivity contribution is -0.146. The zero-order chi connectivity index (χ0) is 11.1. The van der Waals surface area contributed by atoms with Crippen molar-refractivity contribution < 1.29 is 9.47 Å². The van der Waals surface area contributed by atoms with E-state index in [4.69, 9.17) is 9.47 Å². The number of hydrogen-bond donors (Lipinski definition) is 0. The maximum absolute atomic E-state index is 5.66. The van der Waals surface area contributed by atoms with Crippen LogP contribution in [0.4, 0.5) is 0 Å². The molecule has 1 saturated heterocycles. The third kappa shape index (κ3) is 2.18. The van der Waals surface area contributed by atoms with Crippen molar-refractivity contribution in [2.24, 2.45) is 0 Å². The maximum atomic E-state index is 5.66. The van der Waals surface area contributed by atoms with Crippen LogP contribution in [0.2, 0.25) is 19.6 Å². The van der Waals surface area contributed by atoms with E-state index in [1.807, 2.05) is 18.3 Å². The van der Waals surface area contributed by atoms with Crippen molar-refractivity contribution in [2.75, 3.05) is 13.2 Å². The molecular formula is C11H18O2SSi. The van der Waals surface area contributed by atoms with Gasteiger partial charge < -0.3 is 9.47 Å². The first kappa shape index (κ1) is 11.3. The first-order valence-corrected chi connectivity index (χ1v) is 9.62. The predicted molar refractivity (Wildman–Crippen MR) is 66.6 cm³/mol. The molecule has 0 atom stereocenters. The van der Waals surface area contributed by atoms with Gasteiger partial charge in [-0.15, -0.1) is 11.3 Å². The van der Waals surface area contributed by atoms with Gasteiger partial charge in [0.25, 0.3) is 0 Å². The molecule has 1 fully saturated rings. The lowest BCUT2D eigenvalue weighted by Crippen LogP contribution is -2.35. The van der Waals surface area contributed by atoms with Gasteiger partial charge in [0.2, 0.25) is 5.79 Å². The number of hydrogen-bond acceptors (Lipinski definition) is 3. The van der Waals surface area contributed by atoms with Gasteiger partial charge in [0, 0.05) is 0 Å². The van der Waals surface area contributed by atoms with Gasteiger partial charge in [-0.05, 0) is 17.5 Å². The summed E-state index contributed by atoms with van der Waals surface area (Å²) in [4.78, 5) is 1.21. The molecule has 1 aromatic rings. The van der Waals surface area contributed by atoms with Crippen molar-refractivity contribution in [2.45, 2.75) is 32.4 Å². The molecule has 1 aliphatic rings. The fourth-order valence-corrected chi connectivity index (χ4v) is 4.59. The molecule has 0 aromatic carbocycles. The molecule has 2 rings (SSSR count). The number of ether oxygens (including phenoxy) is 2. The van der Waals surface area contributed by atoms with Gasteiger partial charge >= 0.3 is 0 Å². The Morgan fingerprint density at radius 1 is 1.20 bits per heavy atom. The quantitative estimate of drug-likeness (QED) is 0.742. The van der Waals surface area contributed by atoms with E-state index in [9.17, 15) is 0 Å². The van der Waals surface area contributed by atoms with E-state index in [1.54, 1.807) is 0 Å². The van der Waals surface area contributed by atoms with Crippen molar-refractivity contribution >= 4 is 23.9 Å². The van der Waals surface area contributed by atoms with Gasteiger partial charge in [0.15, 0.2) is 0 Å². The Bertz CT molecular complexity index is 348. The summed E-state index contributed by atoms with van der Waals surface area (Å²) in [6, 6.07) is 4.39. The van der Waals surface area contributed by atoms with Crippen molar-refractivity contribution in [3.63, 3.8) is 0 Å². The molecule has 2 heterocycles. The van der Waals surface area contributed by atoms with E-state index < -0.39 is 13.9 Å². The van der Waals surface area contributed by atoms with Gasteiger partial charge in [-0.2, -0.15) is 0 Å². The van der Waals surface area contributed by atoms with Crippen LogP contribution in [0.3, 0.4) is 0 Å². The Kier molecular flexibility index (Phi) is 2.79. The van der Waals surface area contributed by atoms with E-state index in [0.717, 1.165) is 0 Å². The third-order valence-electron chi connectivity index (χ3n) is 2.63. The Morgan fingerprint density at radius 3 is 2.27 bits per heavy atom. The summed E-state index contributed by atoms with van der Waals surface area (Å²) in [6.07, 6.45) is 0. The second-order valence-electron chi connectivity index (χ2n) is 5.06. The lowest BCUT2D eigenvalue weighted by atomic mass is 10.3. The van der Waals surface area contributed by atoms with E-state index in [1.165, 1.54) is 9.38 Å². The van der Waals surface area contributed by atoms with Crippen LogP contribution in [0.15, 0.2) is 12.1 Å². The average molecular weight is 242 g/mol. The van der Waals surface area contributed by atoms with Crippen LogP contribution < -0.4 is 4.50 Å². The number of rotatable bonds is 2. The first-order chi connectivity index (χ1) is 6.92. The molecule has 0 bridgehead atoms. The van der Waals surface area contributed by atoms with Gasteiger partial charge in [0.1, 0.15) is 0 Å². The Balaban J connectivity index is 2.27. The SMILES string of the molecule is CC1(c2ccc([Si](C)(C)C)s2)OCCO1. The van der Waals surface area contributed by atoms with Crippen LogP contribution >= 0.6 is 11.3 Å². The normalized spacial score (nSPS) is 20.8. The minimum absolute atomic E-state index is 0.484. The molecule has 84 valence electrons. The molecule has 0 spiro atoms. The summed E-state index contributed by atoms with van der Waals surface area (Å²) >= 11 is 1.85. The van der Waals surface area contributed by atoms with E-state index in [-0.39, 0.29) is 0 Å². The molecule has 0 saturated carbocycles. The molecule has 0 N–H and O–H groups in total. The van der Waals surface area contributed by atoms with E-state index in [0.29, 0.717) is 13.2 Å². The zero-order valence-corrected chi connectivity index (χ0v) is 11.6. The molecule has 0 unspecified atom stereocenters. The smallest absolute Gasteiger partial charge is 0.201 e. The largest absolute Gasteiger partial charge is 0.343 e. The Labute approximate surface area is 96.2 Å². The van der Waals surface area contributed by atoms with E-state index >= 15 is 0 Å². The third-order valence-corrected chi connectivity index (χ3v) is 7.50. The summed E-state index contributed by atoms with van der Waals surface area (Å²) in [6.45, 7) is 10.5. The molecule has 0 radical (unpaired) electrons. The minimum Gasteiger partial charge on any atom is -0.343 e. The molecule has 2 nitrogen and oxygen atoms in total. The van der Waals surface area contributed by atoms with Crippen LogP contribution in [0.1, 0.15) is 11.8 Å². The number of thiophene rings is 1. The van der Waals surface area contributed by atoms with Crippen LogP contribution in [-0.2, 0) is 15.3 Å². The zero-order valence-electron chi connectivity index (χ0n) is 9.79. The van der Waals surface area contributed by atoms with Crippen LogP contribution in [0, 0.1) is 0 Å². The molecule has 0 amide bonds. The fraction of sp³-hybridized carbons (Fsp3) is 0.636. The van der Waals surface area contributed by atoms with Crippen LogP contribution in [0.25, 0.3) is 0 Å². The second-order valence-corrected chi connectivity index (χ2v) is 11.5. The summed E-state index contributed by atoms with van der Waals surface area (Å²) in [5.41, 5.74) is 0. The Morgan fingerprint density at radius 2 is 1.80 bits per heavy atom. The fourth-order valence-electron chi connectivity index (χ4n) is 1.64. The van der Waals surface area contributed by atoms with Gasteiger partial charge in [0.05, 0.1) is 26.2 Å². The predicted octanol–water partition coefficient (Wildman–Crippen LogP) is 2.51. The maximum Gasteiger partial charge on any atom is 0.201 e. The summed E-state index contributed by atoms with van der Waals surface area (Å²) in [5.74, 6) is -0.484. The molecular weight excluding hydrogens is 224 g/mol. The highest BCUT2D eigenvalue weighted by Crippen LogP contribution is 2.33. The van der Waals surface area contributed by atoms with Crippen LogP contribution in [-0.4, -0.2) is 21.3 Å². The molecule has 1 aromatic heterocycles. The van der Waals surface area contributed by atoms with E-state index in [2.05, 4.69) is 31.8 Å².